The maximum atomic E-state index is 11.7. The number of hydrogen-bond acceptors (Lipinski definition) is 7. The Bertz CT molecular complexity index is 382. The van der Waals surface area contributed by atoms with Crippen LogP contribution in [-0.2, 0) is 28.5 Å². The van der Waals surface area contributed by atoms with Crippen molar-refractivity contribution in [2.24, 2.45) is 0 Å². The highest BCUT2D eigenvalue weighted by atomic mass is 16.8. The third-order valence-corrected chi connectivity index (χ3v) is 3.28. The summed E-state index contributed by atoms with van der Waals surface area (Å²) in [6.45, 7) is 4.42. The molecule has 0 aliphatic carbocycles. The molecule has 1 saturated heterocycles. The molecule has 0 radical (unpaired) electrons. The standard InChI is InChI=1S/C15H27NO6/c1-15(2)21-11(9-14(18)19-5)12(22-15)10-20-13(17)7-6-8-16(3)4/h11-12H,6-10H2,1-5H3/t11-,12-/m1/s1. The predicted octanol–water partition coefficient (Wildman–Crippen LogP) is 0.955. The topological polar surface area (TPSA) is 74.3 Å². The van der Waals surface area contributed by atoms with E-state index in [2.05, 4.69) is 4.74 Å². The van der Waals surface area contributed by atoms with E-state index in [1.54, 1.807) is 13.8 Å². The van der Waals surface area contributed by atoms with E-state index in [4.69, 9.17) is 14.2 Å². The lowest BCUT2D eigenvalue weighted by Gasteiger charge is -2.17. The summed E-state index contributed by atoms with van der Waals surface area (Å²) in [4.78, 5) is 25.1. The van der Waals surface area contributed by atoms with Gasteiger partial charge in [-0.2, -0.15) is 0 Å². The predicted molar refractivity (Wildman–Crippen MR) is 79.2 cm³/mol. The minimum atomic E-state index is -0.805. The fourth-order valence-corrected chi connectivity index (χ4v) is 2.26. The van der Waals surface area contributed by atoms with E-state index in [1.807, 2.05) is 19.0 Å². The monoisotopic (exact) mass is 317 g/mol. The second-order valence-electron chi connectivity index (χ2n) is 6.08. The maximum absolute atomic E-state index is 11.7. The van der Waals surface area contributed by atoms with Crippen molar-refractivity contribution in [2.75, 3.05) is 34.4 Å². The van der Waals surface area contributed by atoms with E-state index in [-0.39, 0.29) is 25.0 Å². The summed E-state index contributed by atoms with van der Waals surface area (Å²) >= 11 is 0. The molecule has 128 valence electrons. The summed E-state index contributed by atoms with van der Waals surface area (Å²) in [6.07, 6.45) is 0.230. The van der Waals surface area contributed by atoms with Crippen molar-refractivity contribution in [1.29, 1.82) is 0 Å². The average molecular weight is 317 g/mol. The van der Waals surface area contributed by atoms with E-state index >= 15 is 0 Å². The molecule has 2 atom stereocenters. The van der Waals surface area contributed by atoms with Gasteiger partial charge >= 0.3 is 11.9 Å². The van der Waals surface area contributed by atoms with Gasteiger partial charge in [0.1, 0.15) is 18.8 Å². The zero-order chi connectivity index (χ0) is 16.8. The first-order chi connectivity index (χ1) is 10.2. The molecule has 0 saturated carbocycles. The molecule has 22 heavy (non-hydrogen) atoms. The van der Waals surface area contributed by atoms with Gasteiger partial charge in [0.25, 0.3) is 0 Å². The van der Waals surface area contributed by atoms with Crippen molar-refractivity contribution in [3.63, 3.8) is 0 Å². The van der Waals surface area contributed by atoms with Gasteiger partial charge in [0.15, 0.2) is 5.79 Å². The van der Waals surface area contributed by atoms with Gasteiger partial charge in [-0.25, -0.2) is 0 Å². The molecule has 0 aromatic rings. The van der Waals surface area contributed by atoms with Crippen LogP contribution < -0.4 is 0 Å². The van der Waals surface area contributed by atoms with Crippen LogP contribution in [0, 0.1) is 0 Å². The third-order valence-electron chi connectivity index (χ3n) is 3.28. The highest BCUT2D eigenvalue weighted by Crippen LogP contribution is 2.30. The Morgan fingerprint density at radius 1 is 1.14 bits per heavy atom. The minimum Gasteiger partial charge on any atom is -0.469 e. The maximum Gasteiger partial charge on any atom is 0.308 e. The van der Waals surface area contributed by atoms with Gasteiger partial charge in [0.05, 0.1) is 13.5 Å². The fraction of sp³-hybridized carbons (Fsp3) is 0.867. The zero-order valence-electron chi connectivity index (χ0n) is 14.1. The summed E-state index contributed by atoms with van der Waals surface area (Å²) in [5.74, 6) is -1.46. The average Bonchev–Trinajstić information content (AvgIpc) is 2.70. The Balaban J connectivity index is 2.40. The van der Waals surface area contributed by atoms with Crippen molar-refractivity contribution < 1.29 is 28.5 Å². The molecule has 0 N–H and O–H groups in total. The van der Waals surface area contributed by atoms with Crippen LogP contribution in [0.2, 0.25) is 0 Å². The van der Waals surface area contributed by atoms with E-state index in [9.17, 15) is 9.59 Å². The van der Waals surface area contributed by atoms with Crippen LogP contribution in [0.25, 0.3) is 0 Å². The van der Waals surface area contributed by atoms with E-state index in [1.165, 1.54) is 7.11 Å². The van der Waals surface area contributed by atoms with Crippen molar-refractivity contribution in [1.82, 2.24) is 4.90 Å². The van der Waals surface area contributed by atoms with Crippen LogP contribution in [0.3, 0.4) is 0 Å². The molecule has 0 unspecified atom stereocenters. The number of hydrogen-bond donors (Lipinski definition) is 0. The van der Waals surface area contributed by atoms with E-state index in [0.29, 0.717) is 6.42 Å². The molecule has 0 aromatic heterocycles. The molecule has 0 spiro atoms. The normalized spacial score (nSPS) is 23.5. The number of carbonyl (C=O) groups is 2. The Hall–Kier alpha value is -1.18. The highest BCUT2D eigenvalue weighted by molar-refractivity contribution is 5.70. The molecule has 0 bridgehead atoms. The van der Waals surface area contributed by atoms with Gasteiger partial charge in [-0.1, -0.05) is 0 Å². The largest absolute Gasteiger partial charge is 0.469 e. The second kappa shape index (κ2) is 8.45. The van der Waals surface area contributed by atoms with Crippen LogP contribution in [0.5, 0.6) is 0 Å². The van der Waals surface area contributed by atoms with Gasteiger partial charge in [-0.3, -0.25) is 9.59 Å². The van der Waals surface area contributed by atoms with Gasteiger partial charge in [0, 0.05) is 6.42 Å². The number of rotatable bonds is 8. The van der Waals surface area contributed by atoms with Gasteiger partial charge in [-0.15, -0.1) is 0 Å². The Morgan fingerprint density at radius 2 is 1.77 bits per heavy atom. The van der Waals surface area contributed by atoms with Crippen LogP contribution in [0.4, 0.5) is 0 Å². The van der Waals surface area contributed by atoms with Crippen LogP contribution >= 0.6 is 0 Å². The summed E-state index contributed by atoms with van der Waals surface area (Å²) in [6, 6.07) is 0. The first kappa shape index (κ1) is 18.9. The number of carbonyl (C=O) groups excluding carboxylic acids is 2. The first-order valence-electron chi connectivity index (χ1n) is 7.46. The quantitative estimate of drug-likeness (QED) is 0.617. The summed E-state index contributed by atoms with van der Waals surface area (Å²) < 4.78 is 21.2. The third kappa shape index (κ3) is 6.72. The van der Waals surface area contributed by atoms with E-state index < -0.39 is 18.0 Å². The summed E-state index contributed by atoms with van der Waals surface area (Å²) in [5, 5.41) is 0. The van der Waals surface area contributed by atoms with Crippen molar-refractivity contribution >= 4 is 11.9 Å². The lowest BCUT2D eigenvalue weighted by molar-refractivity contribution is -0.161. The van der Waals surface area contributed by atoms with Gasteiger partial charge in [0.2, 0.25) is 0 Å². The number of methoxy groups -OCH3 is 1. The molecule has 1 aliphatic heterocycles. The van der Waals surface area contributed by atoms with Crippen molar-refractivity contribution in [3.8, 4) is 0 Å². The van der Waals surface area contributed by atoms with Gasteiger partial charge < -0.3 is 23.8 Å². The molecule has 0 amide bonds. The first-order valence-corrected chi connectivity index (χ1v) is 7.46. The van der Waals surface area contributed by atoms with Crippen LogP contribution in [0.1, 0.15) is 33.1 Å². The van der Waals surface area contributed by atoms with Crippen LogP contribution in [-0.4, -0.2) is 69.2 Å². The van der Waals surface area contributed by atoms with E-state index in [0.717, 1.165) is 13.0 Å². The minimum absolute atomic E-state index is 0.0722. The molecular formula is C15H27NO6. The zero-order valence-corrected chi connectivity index (χ0v) is 14.1. The molecule has 1 aliphatic rings. The van der Waals surface area contributed by atoms with Crippen molar-refractivity contribution in [3.05, 3.63) is 0 Å². The number of ether oxygens (including phenoxy) is 4. The Labute approximate surface area is 131 Å². The summed E-state index contributed by atoms with van der Waals surface area (Å²) in [7, 11) is 5.23. The molecule has 7 nitrogen and oxygen atoms in total. The van der Waals surface area contributed by atoms with Crippen molar-refractivity contribution in [2.45, 2.75) is 51.1 Å². The molecule has 7 heteroatoms. The molecule has 1 fully saturated rings. The highest BCUT2D eigenvalue weighted by Gasteiger charge is 2.43. The Kier molecular flexibility index (Phi) is 7.25. The lowest BCUT2D eigenvalue weighted by atomic mass is 10.1. The number of esters is 2. The second-order valence-corrected chi connectivity index (χ2v) is 6.08. The van der Waals surface area contributed by atoms with Gasteiger partial charge in [-0.05, 0) is 40.9 Å². The smallest absolute Gasteiger partial charge is 0.308 e. The molecule has 1 heterocycles. The molecule has 1 rings (SSSR count). The SMILES string of the molecule is COC(=O)C[C@H]1OC(C)(C)O[C@@H]1COC(=O)CCCN(C)C. The summed E-state index contributed by atoms with van der Waals surface area (Å²) in [5.41, 5.74) is 0. The molecular weight excluding hydrogens is 290 g/mol. The Morgan fingerprint density at radius 3 is 2.36 bits per heavy atom. The fourth-order valence-electron chi connectivity index (χ4n) is 2.26. The lowest BCUT2D eigenvalue weighted by Crippen LogP contribution is -2.31. The number of nitrogens with zero attached hydrogens (tertiary/aromatic N) is 1. The molecule has 0 aromatic carbocycles. The van der Waals surface area contributed by atoms with Crippen LogP contribution in [0.15, 0.2) is 0 Å².